The van der Waals surface area contributed by atoms with Crippen LogP contribution in [0.1, 0.15) is 6.92 Å². The summed E-state index contributed by atoms with van der Waals surface area (Å²) in [6.07, 6.45) is 0. The maximum absolute atomic E-state index is 6.07. The standard InChI is InChI=1S/C11H15Cl2NS/c1-8(14(2)3)7-15-11-6-9(12)4-5-10(11)13/h4-6,8H,7H2,1-3H3/t8-/m1/s1. The second-order valence-corrected chi connectivity index (χ2v) is 5.60. The lowest BCUT2D eigenvalue weighted by Crippen LogP contribution is -2.26. The first-order chi connectivity index (χ1) is 7.00. The highest BCUT2D eigenvalue weighted by Gasteiger charge is 2.07. The summed E-state index contributed by atoms with van der Waals surface area (Å²) >= 11 is 13.7. The number of thioether (sulfide) groups is 1. The normalized spacial score (nSPS) is 13.2. The number of rotatable bonds is 4. The summed E-state index contributed by atoms with van der Waals surface area (Å²) in [5.41, 5.74) is 0. The van der Waals surface area contributed by atoms with Crippen LogP contribution < -0.4 is 0 Å². The van der Waals surface area contributed by atoms with E-state index in [0.717, 1.165) is 20.7 Å². The average molecular weight is 264 g/mol. The predicted octanol–water partition coefficient (Wildman–Crippen LogP) is 4.04. The van der Waals surface area contributed by atoms with Gasteiger partial charge < -0.3 is 4.90 Å². The molecular weight excluding hydrogens is 249 g/mol. The van der Waals surface area contributed by atoms with Crippen LogP contribution in [0.4, 0.5) is 0 Å². The van der Waals surface area contributed by atoms with Gasteiger partial charge in [-0.15, -0.1) is 11.8 Å². The van der Waals surface area contributed by atoms with Gasteiger partial charge in [0.2, 0.25) is 0 Å². The van der Waals surface area contributed by atoms with Gasteiger partial charge in [-0.3, -0.25) is 0 Å². The molecule has 0 amide bonds. The summed E-state index contributed by atoms with van der Waals surface area (Å²) in [5.74, 6) is 1.01. The monoisotopic (exact) mass is 263 g/mol. The topological polar surface area (TPSA) is 3.24 Å². The Balaban J connectivity index is 2.61. The Morgan fingerprint density at radius 1 is 1.33 bits per heavy atom. The van der Waals surface area contributed by atoms with E-state index < -0.39 is 0 Å². The Morgan fingerprint density at radius 2 is 2.00 bits per heavy atom. The molecule has 0 radical (unpaired) electrons. The molecule has 15 heavy (non-hydrogen) atoms. The molecule has 1 atom stereocenters. The van der Waals surface area contributed by atoms with Crippen molar-refractivity contribution in [3.05, 3.63) is 28.2 Å². The van der Waals surface area contributed by atoms with Crippen molar-refractivity contribution in [3.8, 4) is 0 Å². The molecule has 4 heteroatoms. The van der Waals surface area contributed by atoms with Crippen LogP contribution in [0.5, 0.6) is 0 Å². The van der Waals surface area contributed by atoms with Gasteiger partial charge in [0.15, 0.2) is 0 Å². The number of nitrogens with zero attached hydrogens (tertiary/aromatic N) is 1. The molecule has 0 aliphatic heterocycles. The third-order valence-corrected chi connectivity index (χ3v) is 4.23. The lowest BCUT2D eigenvalue weighted by molar-refractivity contribution is 0.340. The molecule has 0 spiro atoms. The largest absolute Gasteiger partial charge is 0.306 e. The average Bonchev–Trinajstić information content (AvgIpc) is 2.18. The van der Waals surface area contributed by atoms with Gasteiger partial charge in [0.25, 0.3) is 0 Å². The van der Waals surface area contributed by atoms with Crippen LogP contribution in [0.15, 0.2) is 23.1 Å². The minimum Gasteiger partial charge on any atom is -0.306 e. The van der Waals surface area contributed by atoms with Crippen LogP contribution in [0.3, 0.4) is 0 Å². The molecule has 1 nitrogen and oxygen atoms in total. The summed E-state index contributed by atoms with van der Waals surface area (Å²) in [6, 6.07) is 6.08. The maximum atomic E-state index is 6.07. The van der Waals surface area contributed by atoms with Crippen LogP contribution in [0, 0.1) is 0 Å². The van der Waals surface area contributed by atoms with Gasteiger partial charge >= 0.3 is 0 Å². The van der Waals surface area contributed by atoms with Crippen LogP contribution in [0.2, 0.25) is 10.0 Å². The van der Waals surface area contributed by atoms with Crippen LogP contribution in [0.25, 0.3) is 0 Å². The Morgan fingerprint density at radius 3 is 2.60 bits per heavy atom. The van der Waals surface area contributed by atoms with Gasteiger partial charge in [0.1, 0.15) is 0 Å². The Bertz CT molecular complexity index is 328. The molecule has 0 saturated carbocycles. The Kier molecular flexibility index (Phi) is 5.27. The Labute approximate surface area is 106 Å². The molecule has 1 aromatic carbocycles. The van der Waals surface area contributed by atoms with Gasteiger partial charge in [0, 0.05) is 21.7 Å². The molecule has 0 aliphatic carbocycles. The lowest BCUT2D eigenvalue weighted by atomic mass is 10.4. The molecule has 0 saturated heterocycles. The molecule has 0 heterocycles. The van der Waals surface area contributed by atoms with Crippen LogP contribution >= 0.6 is 35.0 Å². The third-order valence-electron chi connectivity index (χ3n) is 2.25. The molecule has 0 bridgehead atoms. The highest BCUT2D eigenvalue weighted by Crippen LogP contribution is 2.30. The first-order valence-corrected chi connectivity index (χ1v) is 6.49. The summed E-state index contributed by atoms with van der Waals surface area (Å²) in [4.78, 5) is 3.24. The van der Waals surface area contributed by atoms with Gasteiger partial charge in [-0.1, -0.05) is 23.2 Å². The quantitative estimate of drug-likeness (QED) is 0.755. The van der Waals surface area contributed by atoms with Crippen molar-refractivity contribution in [3.63, 3.8) is 0 Å². The fourth-order valence-corrected chi connectivity index (χ4v) is 2.60. The van der Waals surface area contributed by atoms with E-state index in [1.54, 1.807) is 11.8 Å². The fourth-order valence-electron chi connectivity index (χ4n) is 0.947. The van der Waals surface area contributed by atoms with Crippen molar-refractivity contribution in [1.82, 2.24) is 4.90 Å². The minimum absolute atomic E-state index is 0.519. The zero-order valence-electron chi connectivity index (χ0n) is 9.13. The van der Waals surface area contributed by atoms with Gasteiger partial charge in [-0.2, -0.15) is 0 Å². The second-order valence-electron chi connectivity index (χ2n) is 3.70. The van der Waals surface area contributed by atoms with Crippen molar-refractivity contribution in [2.24, 2.45) is 0 Å². The van der Waals surface area contributed by atoms with Gasteiger partial charge in [0.05, 0.1) is 5.02 Å². The summed E-state index contributed by atoms with van der Waals surface area (Å²) in [6.45, 7) is 2.19. The minimum atomic E-state index is 0.519. The smallest absolute Gasteiger partial charge is 0.0542 e. The molecule has 0 fully saturated rings. The summed E-state index contributed by atoms with van der Waals surface area (Å²) in [7, 11) is 4.15. The maximum Gasteiger partial charge on any atom is 0.0542 e. The molecule has 0 aliphatic rings. The fraction of sp³-hybridized carbons (Fsp3) is 0.455. The summed E-state index contributed by atoms with van der Waals surface area (Å²) in [5, 5.41) is 1.51. The van der Waals surface area contributed by atoms with Gasteiger partial charge in [-0.05, 0) is 39.2 Å². The van der Waals surface area contributed by atoms with E-state index in [0.29, 0.717) is 6.04 Å². The second kappa shape index (κ2) is 6.00. The summed E-state index contributed by atoms with van der Waals surface area (Å²) < 4.78 is 0. The van der Waals surface area contributed by atoms with E-state index in [4.69, 9.17) is 23.2 Å². The molecule has 0 aromatic heterocycles. The molecule has 1 rings (SSSR count). The highest BCUT2D eigenvalue weighted by atomic mass is 35.5. The van der Waals surface area contributed by atoms with Crippen molar-refractivity contribution >= 4 is 35.0 Å². The molecule has 0 unspecified atom stereocenters. The van der Waals surface area contributed by atoms with Crippen molar-refractivity contribution in [2.45, 2.75) is 17.9 Å². The molecule has 1 aromatic rings. The number of halogens is 2. The van der Waals surface area contributed by atoms with Crippen LogP contribution in [-0.4, -0.2) is 30.8 Å². The van der Waals surface area contributed by atoms with Crippen molar-refractivity contribution < 1.29 is 0 Å². The number of hydrogen-bond donors (Lipinski definition) is 0. The van der Waals surface area contributed by atoms with Crippen LogP contribution in [-0.2, 0) is 0 Å². The van der Waals surface area contributed by atoms with E-state index in [1.165, 1.54) is 0 Å². The zero-order valence-corrected chi connectivity index (χ0v) is 11.5. The van der Waals surface area contributed by atoms with E-state index in [2.05, 4.69) is 25.9 Å². The van der Waals surface area contributed by atoms with E-state index in [1.807, 2.05) is 18.2 Å². The first kappa shape index (κ1) is 13.2. The number of hydrogen-bond acceptors (Lipinski definition) is 2. The molecular formula is C11H15Cl2NS. The predicted molar refractivity (Wildman–Crippen MR) is 70.3 cm³/mol. The Hall–Kier alpha value is 0.110. The van der Waals surface area contributed by atoms with E-state index >= 15 is 0 Å². The van der Waals surface area contributed by atoms with Gasteiger partial charge in [-0.25, -0.2) is 0 Å². The molecule has 84 valence electrons. The highest BCUT2D eigenvalue weighted by molar-refractivity contribution is 7.99. The molecule has 0 N–H and O–H groups in total. The van der Waals surface area contributed by atoms with E-state index in [-0.39, 0.29) is 0 Å². The number of benzene rings is 1. The van der Waals surface area contributed by atoms with Crippen molar-refractivity contribution in [2.75, 3.05) is 19.8 Å². The van der Waals surface area contributed by atoms with Crippen molar-refractivity contribution in [1.29, 1.82) is 0 Å². The first-order valence-electron chi connectivity index (χ1n) is 4.75. The SMILES string of the molecule is C[C@H](CSc1cc(Cl)ccc1Cl)N(C)C. The lowest BCUT2D eigenvalue weighted by Gasteiger charge is -2.19. The third kappa shape index (κ3) is 4.23. The zero-order chi connectivity index (χ0) is 11.4. The van der Waals surface area contributed by atoms with E-state index in [9.17, 15) is 0 Å².